The Bertz CT molecular complexity index is 752. The molecule has 2 aromatic rings. The van der Waals surface area contributed by atoms with Crippen LogP contribution in [0.5, 0.6) is 5.75 Å². The highest BCUT2D eigenvalue weighted by atomic mass is 35.5. The highest BCUT2D eigenvalue weighted by Gasteiger charge is 2.17. The second-order valence-electron chi connectivity index (χ2n) is 6.08. The van der Waals surface area contributed by atoms with Gasteiger partial charge in [-0.25, -0.2) is 4.79 Å². The first-order chi connectivity index (χ1) is 11.0. The number of ether oxygens (including phenoxy) is 1. The van der Waals surface area contributed by atoms with Gasteiger partial charge in [0, 0.05) is 37.2 Å². The largest absolute Gasteiger partial charge is 0.506 e. The Morgan fingerprint density at radius 1 is 1.35 bits per heavy atom. The van der Waals surface area contributed by atoms with E-state index in [4.69, 9.17) is 20.8 Å². The third-order valence-electron chi connectivity index (χ3n) is 4.13. The molecule has 1 unspecified atom stereocenters. The first-order valence-corrected chi connectivity index (χ1v) is 8.16. The van der Waals surface area contributed by atoms with Crippen molar-refractivity contribution in [3.8, 4) is 5.75 Å². The lowest BCUT2D eigenvalue weighted by atomic mass is 10.1. The van der Waals surface area contributed by atoms with Crippen LogP contribution in [0.25, 0.3) is 11.0 Å². The number of fused-ring (bicyclic) bond motifs is 1. The van der Waals surface area contributed by atoms with Crippen LogP contribution in [0.15, 0.2) is 27.4 Å². The molecular formula is C17H20ClNO4. The number of nitrogens with zero attached hydrogens (tertiary/aromatic N) is 1. The SMILES string of the molecule is CN(Cc1cc(=O)oc2cc(O)c(Cl)cc12)CC1CCCCO1. The molecule has 1 saturated heterocycles. The molecule has 124 valence electrons. The van der Waals surface area contributed by atoms with E-state index in [1.807, 2.05) is 7.05 Å². The Morgan fingerprint density at radius 2 is 2.17 bits per heavy atom. The Morgan fingerprint density at radius 3 is 2.91 bits per heavy atom. The van der Waals surface area contributed by atoms with Gasteiger partial charge in [0.05, 0.1) is 11.1 Å². The summed E-state index contributed by atoms with van der Waals surface area (Å²) in [7, 11) is 2.00. The van der Waals surface area contributed by atoms with Gasteiger partial charge >= 0.3 is 5.63 Å². The fourth-order valence-corrected chi connectivity index (χ4v) is 3.18. The molecule has 6 heteroatoms. The molecule has 1 N–H and O–H groups in total. The first kappa shape index (κ1) is 16.3. The lowest BCUT2D eigenvalue weighted by Crippen LogP contribution is -2.33. The summed E-state index contributed by atoms with van der Waals surface area (Å²) in [5.74, 6) is -0.0940. The van der Waals surface area contributed by atoms with Crippen LogP contribution in [-0.4, -0.2) is 36.3 Å². The van der Waals surface area contributed by atoms with Crippen molar-refractivity contribution in [2.24, 2.45) is 0 Å². The average molecular weight is 338 g/mol. The Hall–Kier alpha value is -1.56. The maximum absolute atomic E-state index is 11.7. The molecule has 1 aliphatic heterocycles. The van der Waals surface area contributed by atoms with Crippen LogP contribution < -0.4 is 5.63 Å². The van der Waals surface area contributed by atoms with E-state index in [1.54, 1.807) is 6.07 Å². The van der Waals surface area contributed by atoms with Gasteiger partial charge in [-0.15, -0.1) is 0 Å². The van der Waals surface area contributed by atoms with Gasteiger partial charge in [-0.1, -0.05) is 11.6 Å². The number of benzene rings is 1. The molecule has 0 amide bonds. The van der Waals surface area contributed by atoms with Gasteiger partial charge in [0.15, 0.2) is 0 Å². The molecule has 5 nitrogen and oxygen atoms in total. The van der Waals surface area contributed by atoms with E-state index in [9.17, 15) is 9.90 Å². The van der Waals surface area contributed by atoms with Crippen molar-refractivity contribution in [2.45, 2.75) is 31.9 Å². The number of phenolic OH excluding ortho intramolecular Hbond substituents is 1. The summed E-state index contributed by atoms with van der Waals surface area (Å²) in [4.78, 5) is 13.9. The lowest BCUT2D eigenvalue weighted by Gasteiger charge is -2.27. The zero-order valence-corrected chi connectivity index (χ0v) is 13.8. The van der Waals surface area contributed by atoms with Crippen LogP contribution in [0.4, 0.5) is 0 Å². The van der Waals surface area contributed by atoms with Crippen molar-refractivity contribution < 1.29 is 14.3 Å². The molecule has 23 heavy (non-hydrogen) atoms. The van der Waals surface area contributed by atoms with Gasteiger partial charge in [0.1, 0.15) is 11.3 Å². The normalized spacial score (nSPS) is 18.7. The second-order valence-corrected chi connectivity index (χ2v) is 6.48. The number of aromatic hydroxyl groups is 1. The average Bonchev–Trinajstić information content (AvgIpc) is 2.50. The molecule has 1 aromatic carbocycles. The molecule has 1 aromatic heterocycles. The maximum Gasteiger partial charge on any atom is 0.336 e. The number of halogens is 1. The molecule has 1 aliphatic rings. The van der Waals surface area contributed by atoms with Crippen LogP contribution in [-0.2, 0) is 11.3 Å². The summed E-state index contributed by atoms with van der Waals surface area (Å²) in [6.07, 6.45) is 3.65. The molecule has 0 saturated carbocycles. The summed E-state index contributed by atoms with van der Waals surface area (Å²) < 4.78 is 10.9. The van der Waals surface area contributed by atoms with Crippen molar-refractivity contribution >= 4 is 22.6 Å². The number of likely N-dealkylation sites (N-methyl/N-ethyl adjacent to an activating group) is 1. The van der Waals surface area contributed by atoms with Crippen molar-refractivity contribution in [1.82, 2.24) is 4.90 Å². The second kappa shape index (κ2) is 6.91. The summed E-state index contributed by atoms with van der Waals surface area (Å²) in [6.45, 7) is 2.22. The molecule has 0 spiro atoms. The molecule has 1 fully saturated rings. The molecule has 2 heterocycles. The summed E-state index contributed by atoms with van der Waals surface area (Å²) in [6, 6.07) is 4.50. The number of hydrogen-bond donors (Lipinski definition) is 1. The van der Waals surface area contributed by atoms with Crippen LogP contribution >= 0.6 is 11.6 Å². The minimum Gasteiger partial charge on any atom is -0.506 e. The van der Waals surface area contributed by atoms with E-state index in [1.165, 1.54) is 18.6 Å². The van der Waals surface area contributed by atoms with Crippen LogP contribution in [0.1, 0.15) is 24.8 Å². The van der Waals surface area contributed by atoms with Crippen molar-refractivity contribution in [3.63, 3.8) is 0 Å². The fourth-order valence-electron chi connectivity index (χ4n) is 3.02. The van der Waals surface area contributed by atoms with Crippen molar-refractivity contribution in [1.29, 1.82) is 0 Å². The number of rotatable bonds is 4. The summed E-state index contributed by atoms with van der Waals surface area (Å²) in [5.41, 5.74) is 0.740. The van der Waals surface area contributed by atoms with E-state index >= 15 is 0 Å². The zero-order chi connectivity index (χ0) is 16.4. The molecule has 3 rings (SSSR count). The van der Waals surface area contributed by atoms with Crippen molar-refractivity contribution in [2.75, 3.05) is 20.2 Å². The van der Waals surface area contributed by atoms with Crippen LogP contribution in [0.2, 0.25) is 5.02 Å². The third-order valence-corrected chi connectivity index (χ3v) is 4.43. The quantitative estimate of drug-likeness (QED) is 0.868. The minimum absolute atomic E-state index is 0.0940. The molecule has 0 radical (unpaired) electrons. The van der Waals surface area contributed by atoms with E-state index in [-0.39, 0.29) is 16.9 Å². The zero-order valence-electron chi connectivity index (χ0n) is 13.0. The van der Waals surface area contributed by atoms with E-state index in [2.05, 4.69) is 4.90 Å². The highest BCUT2D eigenvalue weighted by Crippen LogP contribution is 2.30. The van der Waals surface area contributed by atoms with E-state index in [0.29, 0.717) is 12.1 Å². The van der Waals surface area contributed by atoms with E-state index in [0.717, 1.165) is 36.9 Å². The van der Waals surface area contributed by atoms with Crippen molar-refractivity contribution in [3.05, 3.63) is 39.2 Å². The van der Waals surface area contributed by atoms with Gasteiger partial charge in [0.25, 0.3) is 0 Å². The first-order valence-electron chi connectivity index (χ1n) is 7.78. The Labute approximate surface area is 139 Å². The number of phenols is 1. The van der Waals surface area contributed by atoms with E-state index < -0.39 is 5.63 Å². The van der Waals surface area contributed by atoms with Crippen LogP contribution in [0, 0.1) is 0 Å². The molecule has 1 atom stereocenters. The van der Waals surface area contributed by atoms with Gasteiger partial charge in [-0.05, 0) is 37.9 Å². The third kappa shape index (κ3) is 3.86. The van der Waals surface area contributed by atoms with Gasteiger partial charge in [-0.3, -0.25) is 4.90 Å². The summed E-state index contributed by atoms with van der Waals surface area (Å²) in [5, 5.41) is 10.7. The topological polar surface area (TPSA) is 62.9 Å². The molecular weight excluding hydrogens is 318 g/mol. The van der Waals surface area contributed by atoms with Gasteiger partial charge < -0.3 is 14.3 Å². The monoisotopic (exact) mass is 337 g/mol. The minimum atomic E-state index is -0.434. The smallest absolute Gasteiger partial charge is 0.336 e. The standard InChI is InChI=1S/C17H20ClNO4/c1-19(10-12-4-2-3-5-22-12)9-11-6-17(21)23-16-8-15(20)14(18)7-13(11)16/h6-8,12,20H,2-5,9-10H2,1H3. The Balaban J connectivity index is 1.83. The fraction of sp³-hybridized carbons (Fsp3) is 0.471. The Kier molecular flexibility index (Phi) is 4.90. The molecule has 0 bridgehead atoms. The maximum atomic E-state index is 11.7. The molecule has 0 aliphatic carbocycles. The lowest BCUT2D eigenvalue weighted by molar-refractivity contribution is -0.00255. The number of hydrogen-bond acceptors (Lipinski definition) is 5. The highest BCUT2D eigenvalue weighted by molar-refractivity contribution is 6.32. The summed E-state index contributed by atoms with van der Waals surface area (Å²) >= 11 is 5.99. The van der Waals surface area contributed by atoms with Gasteiger partial charge in [-0.2, -0.15) is 0 Å². The van der Waals surface area contributed by atoms with Gasteiger partial charge in [0.2, 0.25) is 0 Å². The predicted molar refractivity (Wildman–Crippen MR) is 89.1 cm³/mol. The van der Waals surface area contributed by atoms with Crippen LogP contribution in [0.3, 0.4) is 0 Å². The predicted octanol–water partition coefficient (Wildman–Crippen LogP) is 3.15.